The van der Waals surface area contributed by atoms with Crippen LogP contribution in [0, 0.1) is 6.92 Å². The molecule has 1 heterocycles. The smallest absolute Gasteiger partial charge is 0.181 e. The zero-order chi connectivity index (χ0) is 8.72. The number of H-pyrrole nitrogens is 1. The molecular weight excluding hydrogens is 152 g/mol. The van der Waals surface area contributed by atoms with Crippen LogP contribution in [0.3, 0.4) is 0 Å². The minimum atomic E-state index is -0.285. The molecule has 1 unspecified atom stereocenters. The molecule has 0 spiro atoms. The number of aromatic nitrogens is 1. The second-order valence-electron chi connectivity index (χ2n) is 3.35. The number of carbonyl (C=O) groups excluding carboxylic acids is 1. The first-order valence-corrected chi connectivity index (χ1v) is 4.17. The SMILES string of the molecule is Cc1cc2c([nH]1)CCC(N)C2=O. The number of hydrogen-bond acceptors (Lipinski definition) is 2. The van der Waals surface area contributed by atoms with E-state index >= 15 is 0 Å². The summed E-state index contributed by atoms with van der Waals surface area (Å²) in [6.07, 6.45) is 1.67. The minimum Gasteiger partial charge on any atom is -0.362 e. The minimum absolute atomic E-state index is 0.0839. The van der Waals surface area contributed by atoms with E-state index in [9.17, 15) is 4.79 Å². The van der Waals surface area contributed by atoms with Crippen molar-refractivity contribution >= 4 is 5.78 Å². The maximum absolute atomic E-state index is 11.5. The molecule has 0 saturated heterocycles. The average molecular weight is 164 g/mol. The summed E-state index contributed by atoms with van der Waals surface area (Å²) >= 11 is 0. The Morgan fingerprint density at radius 1 is 1.67 bits per heavy atom. The number of ketones is 1. The number of hydrogen-bond donors (Lipinski definition) is 2. The van der Waals surface area contributed by atoms with Crippen LogP contribution in [0.4, 0.5) is 0 Å². The number of nitrogens with two attached hydrogens (primary N) is 1. The molecule has 0 bridgehead atoms. The fraction of sp³-hybridized carbons (Fsp3) is 0.444. The van der Waals surface area contributed by atoms with Crippen molar-refractivity contribution in [3.05, 3.63) is 23.0 Å². The van der Waals surface area contributed by atoms with Gasteiger partial charge in [-0.05, 0) is 25.8 Å². The summed E-state index contributed by atoms with van der Waals surface area (Å²) in [7, 11) is 0. The molecule has 1 atom stereocenters. The molecule has 1 aromatic rings. The molecule has 0 saturated carbocycles. The Balaban J connectivity index is 2.48. The summed E-state index contributed by atoms with van der Waals surface area (Å²) in [5.74, 6) is 0.0839. The molecule has 64 valence electrons. The zero-order valence-electron chi connectivity index (χ0n) is 7.05. The van der Waals surface area contributed by atoms with Crippen LogP contribution in [0.1, 0.15) is 28.2 Å². The molecule has 0 aliphatic heterocycles. The first kappa shape index (κ1) is 7.55. The van der Waals surface area contributed by atoms with Crippen molar-refractivity contribution in [2.24, 2.45) is 5.73 Å². The Morgan fingerprint density at radius 3 is 3.17 bits per heavy atom. The van der Waals surface area contributed by atoms with Crippen molar-refractivity contribution in [1.29, 1.82) is 0 Å². The van der Waals surface area contributed by atoms with Crippen LogP contribution in [0.25, 0.3) is 0 Å². The Morgan fingerprint density at radius 2 is 2.42 bits per heavy atom. The van der Waals surface area contributed by atoms with Gasteiger partial charge in [-0.2, -0.15) is 0 Å². The lowest BCUT2D eigenvalue weighted by molar-refractivity contribution is 0.0948. The van der Waals surface area contributed by atoms with Crippen LogP contribution in [-0.4, -0.2) is 16.8 Å². The lowest BCUT2D eigenvalue weighted by atomic mass is 9.93. The van der Waals surface area contributed by atoms with Gasteiger partial charge in [-0.15, -0.1) is 0 Å². The van der Waals surface area contributed by atoms with E-state index < -0.39 is 0 Å². The number of carbonyl (C=O) groups is 1. The number of rotatable bonds is 0. The number of nitrogens with one attached hydrogen (secondary N) is 1. The van der Waals surface area contributed by atoms with Gasteiger partial charge < -0.3 is 10.7 Å². The third-order valence-corrected chi connectivity index (χ3v) is 2.34. The predicted octanol–water partition coefficient (Wildman–Crippen LogP) is 0.779. The molecule has 0 fully saturated rings. The molecule has 0 radical (unpaired) electrons. The molecule has 1 aliphatic rings. The monoisotopic (exact) mass is 164 g/mol. The highest BCUT2D eigenvalue weighted by atomic mass is 16.1. The number of fused-ring (bicyclic) bond motifs is 1. The van der Waals surface area contributed by atoms with E-state index in [2.05, 4.69) is 4.98 Å². The number of aromatic amines is 1. The van der Waals surface area contributed by atoms with E-state index in [0.717, 1.165) is 29.8 Å². The first-order valence-electron chi connectivity index (χ1n) is 4.17. The summed E-state index contributed by atoms with van der Waals surface area (Å²) in [6.45, 7) is 1.96. The molecule has 3 N–H and O–H groups in total. The van der Waals surface area contributed by atoms with E-state index in [1.165, 1.54) is 0 Å². The van der Waals surface area contributed by atoms with E-state index in [1.54, 1.807) is 0 Å². The highest BCUT2D eigenvalue weighted by Crippen LogP contribution is 2.20. The van der Waals surface area contributed by atoms with Gasteiger partial charge in [0.05, 0.1) is 6.04 Å². The number of aryl methyl sites for hydroxylation is 2. The summed E-state index contributed by atoms with van der Waals surface area (Å²) < 4.78 is 0. The molecule has 3 nitrogen and oxygen atoms in total. The van der Waals surface area contributed by atoms with Crippen molar-refractivity contribution in [2.45, 2.75) is 25.8 Å². The normalized spacial score (nSPS) is 22.5. The topological polar surface area (TPSA) is 58.9 Å². The van der Waals surface area contributed by atoms with Gasteiger partial charge in [-0.3, -0.25) is 4.79 Å². The quantitative estimate of drug-likeness (QED) is 0.595. The Bertz CT molecular complexity index is 327. The molecule has 2 rings (SSSR count). The van der Waals surface area contributed by atoms with Crippen molar-refractivity contribution < 1.29 is 4.79 Å². The van der Waals surface area contributed by atoms with Gasteiger partial charge in [0.25, 0.3) is 0 Å². The summed E-state index contributed by atoms with van der Waals surface area (Å²) in [5, 5.41) is 0. The van der Waals surface area contributed by atoms with Gasteiger partial charge in [0.2, 0.25) is 0 Å². The second kappa shape index (κ2) is 2.45. The molecule has 1 aromatic heterocycles. The third kappa shape index (κ3) is 0.975. The molecular formula is C9H12N2O. The number of Topliss-reactive ketones (excluding diaryl/α,β-unsaturated/α-hetero) is 1. The van der Waals surface area contributed by atoms with E-state index in [0.29, 0.717) is 0 Å². The summed E-state index contributed by atoms with van der Waals surface area (Å²) in [5.41, 5.74) is 8.54. The van der Waals surface area contributed by atoms with E-state index in [1.807, 2.05) is 13.0 Å². The largest absolute Gasteiger partial charge is 0.362 e. The van der Waals surface area contributed by atoms with Crippen molar-refractivity contribution in [2.75, 3.05) is 0 Å². The maximum atomic E-state index is 11.5. The Hall–Kier alpha value is -1.09. The molecule has 1 aliphatic carbocycles. The van der Waals surface area contributed by atoms with Crippen LogP contribution >= 0.6 is 0 Å². The second-order valence-corrected chi connectivity index (χ2v) is 3.35. The van der Waals surface area contributed by atoms with Gasteiger partial charge in [0.15, 0.2) is 5.78 Å². The van der Waals surface area contributed by atoms with Crippen LogP contribution < -0.4 is 5.73 Å². The highest BCUT2D eigenvalue weighted by Gasteiger charge is 2.25. The van der Waals surface area contributed by atoms with Gasteiger partial charge in [-0.1, -0.05) is 0 Å². The zero-order valence-corrected chi connectivity index (χ0v) is 7.05. The van der Waals surface area contributed by atoms with Gasteiger partial charge in [0.1, 0.15) is 0 Å². The third-order valence-electron chi connectivity index (χ3n) is 2.34. The fourth-order valence-corrected chi connectivity index (χ4v) is 1.69. The molecule has 12 heavy (non-hydrogen) atoms. The van der Waals surface area contributed by atoms with E-state index in [-0.39, 0.29) is 11.8 Å². The van der Waals surface area contributed by atoms with Crippen LogP contribution in [0.15, 0.2) is 6.07 Å². The molecule has 0 aromatic carbocycles. The Labute approximate surface area is 71.0 Å². The fourth-order valence-electron chi connectivity index (χ4n) is 1.69. The van der Waals surface area contributed by atoms with Crippen molar-refractivity contribution in [3.63, 3.8) is 0 Å². The van der Waals surface area contributed by atoms with Crippen molar-refractivity contribution in [3.8, 4) is 0 Å². The lowest BCUT2D eigenvalue weighted by Crippen LogP contribution is -2.34. The van der Waals surface area contributed by atoms with Crippen LogP contribution in [0.2, 0.25) is 0 Å². The van der Waals surface area contributed by atoms with Gasteiger partial charge >= 0.3 is 0 Å². The van der Waals surface area contributed by atoms with Gasteiger partial charge in [0, 0.05) is 17.0 Å². The standard InChI is InChI=1S/C9H12N2O/c1-5-4-6-8(11-5)3-2-7(10)9(6)12/h4,7,11H,2-3,10H2,1H3. The van der Waals surface area contributed by atoms with Crippen LogP contribution in [-0.2, 0) is 6.42 Å². The molecule has 0 amide bonds. The first-order chi connectivity index (χ1) is 5.68. The predicted molar refractivity (Wildman–Crippen MR) is 46.2 cm³/mol. The Kier molecular flexibility index (Phi) is 1.54. The molecule has 3 heteroatoms. The summed E-state index contributed by atoms with van der Waals surface area (Å²) in [4.78, 5) is 14.7. The lowest BCUT2D eigenvalue weighted by Gasteiger charge is -2.15. The van der Waals surface area contributed by atoms with Gasteiger partial charge in [-0.25, -0.2) is 0 Å². The maximum Gasteiger partial charge on any atom is 0.181 e. The van der Waals surface area contributed by atoms with E-state index in [4.69, 9.17) is 5.73 Å². The van der Waals surface area contributed by atoms with Crippen LogP contribution in [0.5, 0.6) is 0 Å². The summed E-state index contributed by atoms with van der Waals surface area (Å²) in [6, 6.07) is 1.60. The van der Waals surface area contributed by atoms with Crippen molar-refractivity contribution in [1.82, 2.24) is 4.98 Å². The highest BCUT2D eigenvalue weighted by molar-refractivity contribution is 6.02. The average Bonchev–Trinajstić information content (AvgIpc) is 2.39.